The number of anilines is 1. The van der Waals surface area contributed by atoms with Crippen LogP contribution < -0.4 is 14.8 Å². The highest BCUT2D eigenvalue weighted by Crippen LogP contribution is 2.59. The monoisotopic (exact) mass is 365 g/mol. The van der Waals surface area contributed by atoms with Gasteiger partial charge in [0, 0.05) is 22.9 Å². The summed E-state index contributed by atoms with van der Waals surface area (Å²) in [5, 5.41) is 4.67. The Hall–Kier alpha value is -2.60. The van der Waals surface area contributed by atoms with Crippen molar-refractivity contribution in [1.82, 2.24) is 9.97 Å². The lowest BCUT2D eigenvalue weighted by Gasteiger charge is -2.26. The summed E-state index contributed by atoms with van der Waals surface area (Å²) in [4.78, 5) is 11.6. The molecule has 26 heavy (non-hydrogen) atoms. The largest absolute Gasteiger partial charge is 0.493 e. The van der Waals surface area contributed by atoms with E-state index in [0.717, 1.165) is 27.7 Å². The van der Waals surface area contributed by atoms with Gasteiger partial charge in [0.05, 0.1) is 19.6 Å². The van der Waals surface area contributed by atoms with Crippen molar-refractivity contribution in [3.05, 3.63) is 46.6 Å². The predicted octanol–water partition coefficient (Wildman–Crippen LogP) is 4.60. The molecule has 5 nitrogen and oxygen atoms in total. The quantitative estimate of drug-likeness (QED) is 0.716. The molecule has 132 valence electrons. The van der Waals surface area contributed by atoms with Gasteiger partial charge in [-0.25, -0.2) is 9.97 Å². The van der Waals surface area contributed by atoms with E-state index < -0.39 is 0 Å². The number of thiophene rings is 1. The van der Waals surface area contributed by atoms with Crippen LogP contribution in [0, 0.1) is 0 Å². The Bertz CT molecular complexity index is 1040. The number of fused-ring (bicyclic) bond motifs is 6. The molecule has 1 N–H and O–H groups in total. The molecule has 2 aliphatic carbocycles. The molecule has 0 radical (unpaired) electrons. The zero-order valence-electron chi connectivity index (χ0n) is 14.7. The van der Waals surface area contributed by atoms with Gasteiger partial charge in [0.2, 0.25) is 0 Å². The lowest BCUT2D eigenvalue weighted by molar-refractivity contribution is 0.354. The van der Waals surface area contributed by atoms with Crippen LogP contribution in [0.5, 0.6) is 11.5 Å². The van der Waals surface area contributed by atoms with Gasteiger partial charge in [0.1, 0.15) is 17.0 Å². The first-order chi connectivity index (χ1) is 12.8. The summed E-state index contributed by atoms with van der Waals surface area (Å²) in [6.07, 6.45) is 6.46. The summed E-state index contributed by atoms with van der Waals surface area (Å²) in [6.45, 7) is 0.666. The van der Waals surface area contributed by atoms with E-state index in [-0.39, 0.29) is 0 Å². The van der Waals surface area contributed by atoms with Crippen LogP contribution in [0.3, 0.4) is 0 Å². The summed E-state index contributed by atoms with van der Waals surface area (Å²) >= 11 is 1.82. The molecule has 0 fully saturated rings. The second kappa shape index (κ2) is 5.99. The maximum atomic E-state index is 5.39. The first-order valence-corrected chi connectivity index (χ1v) is 9.54. The summed E-state index contributed by atoms with van der Waals surface area (Å²) in [7, 11) is 3.30. The molecule has 0 aliphatic heterocycles. The number of nitrogens with one attached hydrogen (secondary N) is 1. The average Bonchev–Trinajstić information content (AvgIpc) is 3.23. The van der Waals surface area contributed by atoms with Gasteiger partial charge in [0.25, 0.3) is 0 Å². The molecule has 0 amide bonds. The number of aromatic nitrogens is 2. The molecule has 0 spiro atoms. The number of methoxy groups -OCH3 is 2. The van der Waals surface area contributed by atoms with Crippen LogP contribution in [0.1, 0.15) is 34.8 Å². The van der Waals surface area contributed by atoms with Crippen LogP contribution in [-0.4, -0.2) is 24.2 Å². The molecule has 5 rings (SSSR count). The summed E-state index contributed by atoms with van der Waals surface area (Å²) in [5.41, 5.74) is 3.99. The van der Waals surface area contributed by atoms with E-state index in [4.69, 9.17) is 9.47 Å². The SMILES string of the molecule is COc1ccc(CNc2ncnc3sc4c(c23)C2=CCCC24)cc1OC. The number of benzene rings is 1. The third-order valence-electron chi connectivity index (χ3n) is 5.22. The minimum Gasteiger partial charge on any atom is -0.493 e. The summed E-state index contributed by atoms with van der Waals surface area (Å²) in [6, 6.07) is 5.95. The Morgan fingerprint density at radius 2 is 2.08 bits per heavy atom. The molecular weight excluding hydrogens is 346 g/mol. The van der Waals surface area contributed by atoms with E-state index in [9.17, 15) is 0 Å². The predicted molar refractivity (Wildman–Crippen MR) is 104 cm³/mol. The molecule has 6 heteroatoms. The van der Waals surface area contributed by atoms with Gasteiger partial charge in [-0.1, -0.05) is 12.1 Å². The third kappa shape index (κ3) is 2.22. The van der Waals surface area contributed by atoms with Gasteiger partial charge in [-0.3, -0.25) is 0 Å². The van der Waals surface area contributed by atoms with E-state index in [0.29, 0.717) is 12.5 Å². The Kier molecular flexibility index (Phi) is 3.60. The number of ether oxygens (including phenoxy) is 2. The van der Waals surface area contributed by atoms with E-state index in [1.54, 1.807) is 20.5 Å². The molecule has 2 aromatic heterocycles. The van der Waals surface area contributed by atoms with E-state index in [1.165, 1.54) is 34.2 Å². The normalized spacial score (nSPS) is 17.3. The van der Waals surface area contributed by atoms with Crippen molar-refractivity contribution < 1.29 is 9.47 Å². The van der Waals surface area contributed by atoms with E-state index in [2.05, 4.69) is 21.4 Å². The fourth-order valence-corrected chi connectivity index (χ4v) is 5.29. The molecule has 2 heterocycles. The topological polar surface area (TPSA) is 56.3 Å². The second-order valence-corrected chi connectivity index (χ2v) is 7.61. The number of allylic oxidation sites excluding steroid dienone is 2. The Labute approximate surface area is 155 Å². The van der Waals surface area contributed by atoms with Crippen molar-refractivity contribution in [2.75, 3.05) is 19.5 Å². The molecule has 0 saturated heterocycles. The number of nitrogens with zero attached hydrogens (tertiary/aromatic N) is 2. The van der Waals surface area contributed by atoms with Gasteiger partial charge in [-0.15, -0.1) is 11.3 Å². The average molecular weight is 365 g/mol. The number of hydrogen-bond acceptors (Lipinski definition) is 6. The summed E-state index contributed by atoms with van der Waals surface area (Å²) < 4.78 is 10.7. The maximum absolute atomic E-state index is 5.39. The molecule has 3 aromatic rings. The second-order valence-electron chi connectivity index (χ2n) is 6.58. The van der Waals surface area contributed by atoms with Gasteiger partial charge < -0.3 is 14.8 Å². The fourth-order valence-electron chi connectivity index (χ4n) is 3.97. The Morgan fingerprint density at radius 1 is 1.19 bits per heavy atom. The van der Waals surface area contributed by atoms with Crippen molar-refractivity contribution >= 4 is 32.9 Å². The third-order valence-corrected chi connectivity index (χ3v) is 6.44. The highest BCUT2D eigenvalue weighted by Gasteiger charge is 2.39. The smallest absolute Gasteiger partial charge is 0.161 e. The standard InChI is InChI=1S/C20H19N3O2S/c1-24-14-7-6-11(8-15(14)25-2)9-21-19-17-16-12-4-3-5-13(12)18(16)26-20(17)23-10-22-19/h4,6-8,10,13H,3,5,9H2,1-2H3,(H,21,22,23). The van der Waals surface area contributed by atoms with Gasteiger partial charge in [0.15, 0.2) is 11.5 Å². The van der Waals surface area contributed by atoms with E-state index in [1.807, 2.05) is 29.5 Å². The first-order valence-electron chi connectivity index (χ1n) is 8.72. The van der Waals surface area contributed by atoms with E-state index >= 15 is 0 Å². The molecule has 1 unspecified atom stereocenters. The number of rotatable bonds is 5. The molecule has 0 bridgehead atoms. The molecular formula is C20H19N3O2S. The molecule has 2 aliphatic rings. The van der Waals surface area contributed by atoms with Crippen molar-refractivity contribution in [2.24, 2.45) is 0 Å². The highest BCUT2D eigenvalue weighted by atomic mass is 32.1. The number of hydrogen-bond donors (Lipinski definition) is 1. The van der Waals surface area contributed by atoms with Crippen molar-refractivity contribution in [3.63, 3.8) is 0 Å². The lowest BCUT2D eigenvalue weighted by Crippen LogP contribution is -2.10. The van der Waals surface area contributed by atoms with Crippen molar-refractivity contribution in [3.8, 4) is 11.5 Å². The van der Waals surface area contributed by atoms with Crippen molar-refractivity contribution in [1.29, 1.82) is 0 Å². The first kappa shape index (κ1) is 15.6. The zero-order chi connectivity index (χ0) is 17.7. The van der Waals surface area contributed by atoms with Gasteiger partial charge in [-0.05, 0) is 36.1 Å². The molecule has 1 aromatic carbocycles. The fraction of sp³-hybridized carbons (Fsp3) is 0.300. The minimum absolute atomic E-state index is 0.642. The maximum Gasteiger partial charge on any atom is 0.161 e. The zero-order valence-corrected chi connectivity index (χ0v) is 15.5. The van der Waals surface area contributed by atoms with Crippen LogP contribution in [0.2, 0.25) is 0 Å². The summed E-state index contributed by atoms with van der Waals surface area (Å²) in [5.74, 6) is 3.02. The minimum atomic E-state index is 0.642. The van der Waals surface area contributed by atoms with Crippen LogP contribution in [0.15, 0.2) is 30.6 Å². The molecule has 1 atom stereocenters. The van der Waals surface area contributed by atoms with Crippen LogP contribution in [0.25, 0.3) is 15.8 Å². The van der Waals surface area contributed by atoms with Crippen LogP contribution >= 0.6 is 11.3 Å². The Morgan fingerprint density at radius 3 is 2.92 bits per heavy atom. The lowest BCUT2D eigenvalue weighted by atomic mass is 9.80. The van der Waals surface area contributed by atoms with Gasteiger partial charge in [-0.2, -0.15) is 0 Å². The van der Waals surface area contributed by atoms with Crippen LogP contribution in [0.4, 0.5) is 5.82 Å². The van der Waals surface area contributed by atoms with Gasteiger partial charge >= 0.3 is 0 Å². The molecule has 0 saturated carbocycles. The van der Waals surface area contributed by atoms with Crippen molar-refractivity contribution in [2.45, 2.75) is 25.3 Å². The highest BCUT2D eigenvalue weighted by molar-refractivity contribution is 7.19. The Balaban J connectivity index is 1.47. The van der Waals surface area contributed by atoms with Crippen LogP contribution in [-0.2, 0) is 6.54 Å².